The molecule has 0 spiro atoms. The van der Waals surface area contributed by atoms with Gasteiger partial charge in [-0.15, -0.1) is 0 Å². The standard InChI is InChI=1S/C24H30N8O/c1-15(2)21-22(17-8-16(3)24-25-14-27-32(24)10-17)28-29-23(21)18-9-26-31(11-18)19-4-6-30(7-5-19)20-12-33-13-20/h8-11,14-15,19-20H,4-7,12-13H2,1-3H3,(H,28,29). The van der Waals surface area contributed by atoms with Gasteiger partial charge in [0, 0.05) is 42.2 Å². The summed E-state index contributed by atoms with van der Waals surface area (Å²) in [4.78, 5) is 6.90. The number of nitrogens with one attached hydrogen (secondary N) is 1. The average molecular weight is 447 g/mol. The predicted molar refractivity (Wildman–Crippen MR) is 125 cm³/mol. The number of hydrogen-bond donors (Lipinski definition) is 1. The van der Waals surface area contributed by atoms with Crippen LogP contribution in [0.25, 0.3) is 28.2 Å². The highest BCUT2D eigenvalue weighted by Crippen LogP contribution is 2.36. The molecule has 172 valence electrons. The first-order valence-corrected chi connectivity index (χ1v) is 11.8. The molecule has 0 bridgehead atoms. The van der Waals surface area contributed by atoms with Crippen LogP contribution in [0.3, 0.4) is 0 Å². The third-order valence-electron chi connectivity index (χ3n) is 7.11. The maximum Gasteiger partial charge on any atom is 0.158 e. The van der Waals surface area contributed by atoms with Crippen molar-refractivity contribution in [3.8, 4) is 22.5 Å². The molecule has 33 heavy (non-hydrogen) atoms. The van der Waals surface area contributed by atoms with E-state index in [0.29, 0.717) is 18.0 Å². The van der Waals surface area contributed by atoms with E-state index in [0.717, 1.165) is 72.9 Å². The number of aryl methyl sites for hydroxylation is 1. The normalized spacial score (nSPS) is 18.4. The van der Waals surface area contributed by atoms with E-state index in [1.54, 1.807) is 6.33 Å². The van der Waals surface area contributed by atoms with Crippen molar-refractivity contribution in [2.45, 2.75) is 51.6 Å². The minimum atomic E-state index is 0.303. The Kier molecular flexibility index (Phi) is 5.03. The molecule has 0 atom stereocenters. The van der Waals surface area contributed by atoms with Crippen molar-refractivity contribution in [3.05, 3.63) is 42.1 Å². The Labute approximate surface area is 192 Å². The SMILES string of the molecule is Cc1cc(-c2[nH]nc(-c3cnn(C4CCN(C5COC5)CC4)c3)c2C(C)C)cn2ncnc12. The quantitative estimate of drug-likeness (QED) is 0.505. The summed E-state index contributed by atoms with van der Waals surface area (Å²) in [6.45, 7) is 10.5. The summed E-state index contributed by atoms with van der Waals surface area (Å²) in [6.07, 6.45) is 9.99. The molecule has 9 nitrogen and oxygen atoms in total. The van der Waals surface area contributed by atoms with Crippen LogP contribution < -0.4 is 0 Å². The molecule has 4 aromatic rings. The van der Waals surface area contributed by atoms with Crippen LogP contribution in [0, 0.1) is 6.92 Å². The molecule has 2 aliphatic heterocycles. The molecule has 1 N–H and O–H groups in total. The second kappa shape index (κ2) is 8.07. The van der Waals surface area contributed by atoms with Crippen molar-refractivity contribution in [3.63, 3.8) is 0 Å². The number of aromatic amines is 1. The highest BCUT2D eigenvalue weighted by atomic mass is 16.5. The molecule has 9 heteroatoms. The maximum absolute atomic E-state index is 5.36. The summed E-state index contributed by atoms with van der Waals surface area (Å²) in [6, 6.07) is 3.21. The summed E-state index contributed by atoms with van der Waals surface area (Å²) in [5.74, 6) is 0.303. The van der Waals surface area contributed by atoms with Crippen molar-refractivity contribution in [1.29, 1.82) is 0 Å². The minimum absolute atomic E-state index is 0.303. The van der Waals surface area contributed by atoms with Gasteiger partial charge in [0.1, 0.15) is 6.33 Å². The van der Waals surface area contributed by atoms with Gasteiger partial charge in [-0.25, -0.2) is 9.50 Å². The topological polar surface area (TPSA) is 89.2 Å². The lowest BCUT2D eigenvalue weighted by Gasteiger charge is -2.41. The van der Waals surface area contributed by atoms with Gasteiger partial charge in [0.25, 0.3) is 0 Å². The summed E-state index contributed by atoms with van der Waals surface area (Å²) < 4.78 is 9.34. The van der Waals surface area contributed by atoms with E-state index in [1.807, 2.05) is 16.9 Å². The first-order chi connectivity index (χ1) is 16.1. The Balaban J connectivity index is 1.29. The smallest absolute Gasteiger partial charge is 0.158 e. The number of ether oxygens (including phenoxy) is 1. The Morgan fingerprint density at radius 3 is 2.61 bits per heavy atom. The van der Waals surface area contributed by atoms with Gasteiger partial charge in [0.15, 0.2) is 5.65 Å². The monoisotopic (exact) mass is 446 g/mol. The van der Waals surface area contributed by atoms with Gasteiger partial charge in [-0.1, -0.05) is 13.8 Å². The van der Waals surface area contributed by atoms with Crippen molar-refractivity contribution in [2.24, 2.45) is 0 Å². The Morgan fingerprint density at radius 2 is 1.88 bits per heavy atom. The fraction of sp³-hybridized carbons (Fsp3) is 0.500. The Bertz CT molecular complexity index is 1270. The third kappa shape index (κ3) is 3.55. The number of nitrogens with zero attached hydrogens (tertiary/aromatic N) is 7. The lowest BCUT2D eigenvalue weighted by molar-refractivity contribution is -0.0734. The Hall–Kier alpha value is -3.04. The van der Waals surface area contributed by atoms with Gasteiger partial charge < -0.3 is 4.74 Å². The van der Waals surface area contributed by atoms with Crippen molar-refractivity contribution in [2.75, 3.05) is 26.3 Å². The van der Waals surface area contributed by atoms with Gasteiger partial charge in [-0.05, 0) is 37.3 Å². The highest BCUT2D eigenvalue weighted by Gasteiger charge is 2.30. The lowest BCUT2D eigenvalue weighted by Crippen LogP contribution is -2.51. The van der Waals surface area contributed by atoms with Crippen molar-refractivity contribution < 1.29 is 4.74 Å². The molecule has 0 radical (unpaired) electrons. The van der Waals surface area contributed by atoms with Gasteiger partial charge in [0.05, 0.1) is 42.9 Å². The molecule has 6 rings (SSSR count). The van der Waals surface area contributed by atoms with E-state index in [4.69, 9.17) is 14.9 Å². The van der Waals surface area contributed by atoms with E-state index in [2.05, 4.69) is 57.8 Å². The summed E-state index contributed by atoms with van der Waals surface area (Å²) in [5.41, 5.74) is 7.30. The fourth-order valence-electron chi connectivity index (χ4n) is 5.19. The van der Waals surface area contributed by atoms with Crippen LogP contribution in [0.5, 0.6) is 0 Å². The number of likely N-dealkylation sites (tertiary alicyclic amines) is 1. The van der Waals surface area contributed by atoms with Gasteiger partial charge in [0.2, 0.25) is 0 Å². The zero-order valence-corrected chi connectivity index (χ0v) is 19.4. The van der Waals surface area contributed by atoms with E-state index in [1.165, 1.54) is 5.56 Å². The van der Waals surface area contributed by atoms with Crippen LogP contribution in [0.2, 0.25) is 0 Å². The number of hydrogen-bond acceptors (Lipinski definition) is 6. The number of piperidine rings is 1. The molecule has 6 heterocycles. The molecular formula is C24H30N8O. The van der Waals surface area contributed by atoms with Crippen LogP contribution in [0.15, 0.2) is 31.0 Å². The third-order valence-corrected chi connectivity index (χ3v) is 7.11. The minimum Gasteiger partial charge on any atom is -0.378 e. The second-order valence-electron chi connectivity index (χ2n) is 9.62. The first-order valence-electron chi connectivity index (χ1n) is 11.8. The largest absolute Gasteiger partial charge is 0.378 e. The highest BCUT2D eigenvalue weighted by molar-refractivity contribution is 5.75. The van der Waals surface area contributed by atoms with E-state index in [-0.39, 0.29) is 0 Å². The van der Waals surface area contributed by atoms with Crippen LogP contribution in [0.4, 0.5) is 0 Å². The molecule has 0 aliphatic carbocycles. The molecule has 2 saturated heterocycles. The summed E-state index contributed by atoms with van der Waals surface area (Å²) >= 11 is 0. The number of pyridine rings is 1. The van der Waals surface area contributed by atoms with Crippen molar-refractivity contribution in [1.82, 2.24) is 39.5 Å². The fourth-order valence-corrected chi connectivity index (χ4v) is 5.19. The maximum atomic E-state index is 5.36. The zero-order valence-electron chi connectivity index (χ0n) is 19.4. The molecule has 2 fully saturated rings. The first kappa shape index (κ1) is 20.6. The number of fused-ring (bicyclic) bond motifs is 1. The van der Waals surface area contributed by atoms with Crippen molar-refractivity contribution >= 4 is 5.65 Å². The van der Waals surface area contributed by atoms with E-state index in [9.17, 15) is 0 Å². The van der Waals surface area contributed by atoms with Gasteiger partial charge in [-0.3, -0.25) is 14.7 Å². The molecule has 0 saturated carbocycles. The molecule has 4 aromatic heterocycles. The Morgan fingerprint density at radius 1 is 1.06 bits per heavy atom. The van der Waals surface area contributed by atoms with Crippen LogP contribution in [-0.4, -0.2) is 71.8 Å². The van der Waals surface area contributed by atoms with Crippen LogP contribution in [-0.2, 0) is 4.74 Å². The molecule has 0 unspecified atom stereocenters. The molecule has 2 aliphatic rings. The number of aromatic nitrogens is 7. The summed E-state index contributed by atoms with van der Waals surface area (Å²) in [5, 5.41) is 17.1. The van der Waals surface area contributed by atoms with E-state index < -0.39 is 0 Å². The summed E-state index contributed by atoms with van der Waals surface area (Å²) in [7, 11) is 0. The molecular weight excluding hydrogens is 416 g/mol. The van der Waals surface area contributed by atoms with Gasteiger partial charge in [-0.2, -0.15) is 15.3 Å². The number of H-pyrrole nitrogens is 1. The van der Waals surface area contributed by atoms with Crippen LogP contribution in [0.1, 0.15) is 49.8 Å². The predicted octanol–water partition coefficient (Wildman–Crippen LogP) is 3.45. The lowest BCUT2D eigenvalue weighted by atomic mass is 9.95. The van der Waals surface area contributed by atoms with E-state index >= 15 is 0 Å². The zero-order chi connectivity index (χ0) is 22.5. The molecule has 0 amide bonds. The molecule has 0 aromatic carbocycles. The second-order valence-corrected chi connectivity index (χ2v) is 9.62. The number of rotatable bonds is 5. The van der Waals surface area contributed by atoms with Gasteiger partial charge >= 0.3 is 0 Å². The van der Waals surface area contributed by atoms with Crippen LogP contribution >= 0.6 is 0 Å². The average Bonchev–Trinajstić information content (AvgIpc) is 3.51.